The number of halogens is 1. The van der Waals surface area contributed by atoms with Crippen molar-refractivity contribution in [1.82, 2.24) is 5.32 Å². The summed E-state index contributed by atoms with van der Waals surface area (Å²) in [6.45, 7) is 5.05. The molecule has 1 N–H and O–H groups in total. The Morgan fingerprint density at radius 2 is 2.24 bits per heavy atom. The number of esters is 1. The molecule has 0 amide bonds. The number of hydrogen-bond acceptors (Lipinski definition) is 4. The lowest BCUT2D eigenvalue weighted by atomic mass is 9.95. The second-order valence-corrected chi connectivity index (χ2v) is 6.73. The van der Waals surface area contributed by atoms with Crippen LogP contribution < -0.4 is 5.32 Å². The van der Waals surface area contributed by atoms with Gasteiger partial charge in [-0.05, 0) is 50.4 Å². The Morgan fingerprint density at radius 3 is 2.81 bits per heavy atom. The summed E-state index contributed by atoms with van der Waals surface area (Å²) in [6.07, 6.45) is 2.17. The molecule has 0 saturated heterocycles. The van der Waals surface area contributed by atoms with Gasteiger partial charge < -0.3 is 10.1 Å². The molecule has 1 aromatic carbocycles. The second kappa shape index (κ2) is 7.52. The van der Waals surface area contributed by atoms with Crippen LogP contribution in [0.5, 0.6) is 0 Å². The summed E-state index contributed by atoms with van der Waals surface area (Å²) < 4.78 is 5.33. The van der Waals surface area contributed by atoms with Crippen LogP contribution in [0.3, 0.4) is 0 Å². The molecule has 1 atom stereocenters. The number of nitrogens with one attached hydrogen (secondary N) is 1. The molecule has 0 spiro atoms. The van der Waals surface area contributed by atoms with Crippen LogP contribution in [-0.4, -0.2) is 30.4 Å². The van der Waals surface area contributed by atoms with E-state index in [1.165, 1.54) is 0 Å². The summed E-state index contributed by atoms with van der Waals surface area (Å²) in [5.41, 5.74) is -0.572. The highest BCUT2D eigenvalue weighted by molar-refractivity contribution is 7.99. The van der Waals surface area contributed by atoms with E-state index in [4.69, 9.17) is 16.3 Å². The zero-order chi connectivity index (χ0) is 15.3. The van der Waals surface area contributed by atoms with Crippen molar-refractivity contribution in [2.24, 2.45) is 5.92 Å². The lowest BCUT2D eigenvalue weighted by molar-refractivity contribution is -0.151. The number of ether oxygens (including phenoxy) is 1. The van der Waals surface area contributed by atoms with Crippen molar-refractivity contribution in [2.75, 3.05) is 18.9 Å². The molecule has 1 aliphatic carbocycles. The van der Waals surface area contributed by atoms with Crippen LogP contribution in [0.1, 0.15) is 26.7 Å². The summed E-state index contributed by atoms with van der Waals surface area (Å²) in [5.74, 6) is 0.928. The summed E-state index contributed by atoms with van der Waals surface area (Å²) in [4.78, 5) is 13.6. The van der Waals surface area contributed by atoms with Gasteiger partial charge in [-0.25, -0.2) is 0 Å². The zero-order valence-corrected chi connectivity index (χ0v) is 14.1. The van der Waals surface area contributed by atoms with Gasteiger partial charge in [-0.15, -0.1) is 11.8 Å². The van der Waals surface area contributed by atoms with Gasteiger partial charge in [0.1, 0.15) is 5.54 Å². The number of hydrogen-bond donors (Lipinski definition) is 1. The molecule has 0 aliphatic heterocycles. The van der Waals surface area contributed by atoms with Crippen molar-refractivity contribution in [3.05, 3.63) is 29.3 Å². The van der Waals surface area contributed by atoms with Crippen LogP contribution in [0.15, 0.2) is 29.2 Å². The monoisotopic (exact) mass is 327 g/mol. The van der Waals surface area contributed by atoms with Gasteiger partial charge in [0.05, 0.1) is 6.61 Å². The van der Waals surface area contributed by atoms with Crippen molar-refractivity contribution in [3.8, 4) is 0 Å². The fourth-order valence-corrected chi connectivity index (χ4v) is 4.01. The van der Waals surface area contributed by atoms with Gasteiger partial charge in [-0.1, -0.05) is 24.6 Å². The van der Waals surface area contributed by atoms with Crippen LogP contribution in [0, 0.1) is 5.92 Å². The first-order chi connectivity index (χ1) is 10.1. The SMILES string of the molecule is CCNC(CSc1cccc(Cl)c1)(C(=O)OCC)C1CC1. The lowest BCUT2D eigenvalue weighted by Crippen LogP contribution is -2.57. The Morgan fingerprint density at radius 1 is 1.48 bits per heavy atom. The molecule has 0 heterocycles. The second-order valence-electron chi connectivity index (χ2n) is 5.24. The molecule has 5 heteroatoms. The van der Waals surface area contributed by atoms with E-state index in [1.807, 2.05) is 38.1 Å². The number of likely N-dealkylation sites (N-methyl/N-ethyl adjacent to an activating group) is 1. The van der Waals surface area contributed by atoms with Crippen LogP contribution in [-0.2, 0) is 9.53 Å². The van der Waals surface area contributed by atoms with Crippen molar-refractivity contribution >= 4 is 29.3 Å². The van der Waals surface area contributed by atoms with E-state index in [-0.39, 0.29) is 5.97 Å². The minimum Gasteiger partial charge on any atom is -0.465 e. The highest BCUT2D eigenvalue weighted by atomic mass is 35.5. The van der Waals surface area contributed by atoms with E-state index in [9.17, 15) is 4.79 Å². The molecule has 0 bridgehead atoms. The molecule has 0 radical (unpaired) electrons. The van der Waals surface area contributed by atoms with Gasteiger partial charge in [0.2, 0.25) is 0 Å². The molecule has 116 valence electrons. The van der Waals surface area contributed by atoms with Gasteiger partial charge in [0, 0.05) is 15.7 Å². The maximum Gasteiger partial charge on any atom is 0.327 e. The lowest BCUT2D eigenvalue weighted by Gasteiger charge is -2.32. The summed E-state index contributed by atoms with van der Waals surface area (Å²) in [7, 11) is 0. The predicted octanol–water partition coefficient (Wildman–Crippen LogP) is 3.75. The van der Waals surface area contributed by atoms with E-state index >= 15 is 0 Å². The van der Waals surface area contributed by atoms with Crippen LogP contribution in [0.2, 0.25) is 5.02 Å². The first-order valence-corrected chi connectivity index (χ1v) is 8.79. The van der Waals surface area contributed by atoms with Gasteiger partial charge in [0.25, 0.3) is 0 Å². The predicted molar refractivity (Wildman–Crippen MR) is 87.9 cm³/mol. The van der Waals surface area contributed by atoms with Gasteiger partial charge >= 0.3 is 5.97 Å². The smallest absolute Gasteiger partial charge is 0.327 e. The van der Waals surface area contributed by atoms with Gasteiger partial charge in [-0.2, -0.15) is 0 Å². The summed E-state index contributed by atoms with van der Waals surface area (Å²) >= 11 is 7.68. The molecule has 3 nitrogen and oxygen atoms in total. The Hall–Kier alpha value is -0.710. The third-order valence-corrected chi connectivity index (χ3v) is 5.09. The fourth-order valence-electron chi connectivity index (χ4n) is 2.52. The molecule has 21 heavy (non-hydrogen) atoms. The summed E-state index contributed by atoms with van der Waals surface area (Å²) in [6, 6.07) is 7.74. The van der Waals surface area contributed by atoms with E-state index in [2.05, 4.69) is 5.32 Å². The average Bonchev–Trinajstić information content (AvgIpc) is 3.29. The van der Waals surface area contributed by atoms with Crippen LogP contribution >= 0.6 is 23.4 Å². The molecule has 1 aliphatic rings. The van der Waals surface area contributed by atoms with Gasteiger partial charge in [-0.3, -0.25) is 4.79 Å². The maximum absolute atomic E-state index is 12.5. The third-order valence-electron chi connectivity index (χ3n) is 3.67. The number of rotatable bonds is 8. The quantitative estimate of drug-likeness (QED) is 0.583. The Kier molecular flexibility index (Phi) is 5.97. The Bertz CT molecular complexity index is 493. The highest BCUT2D eigenvalue weighted by Gasteiger charge is 2.51. The first kappa shape index (κ1) is 16.7. The molecule has 1 aromatic rings. The molecular weight excluding hydrogens is 306 g/mol. The molecule has 2 rings (SSSR count). The molecular formula is C16H22ClNO2S. The fraction of sp³-hybridized carbons (Fsp3) is 0.562. The van der Waals surface area contributed by atoms with E-state index in [0.29, 0.717) is 18.3 Å². The van der Waals surface area contributed by atoms with E-state index in [1.54, 1.807) is 11.8 Å². The van der Waals surface area contributed by atoms with Crippen LogP contribution in [0.25, 0.3) is 0 Å². The minimum absolute atomic E-state index is 0.121. The normalized spacial score (nSPS) is 17.3. The van der Waals surface area contributed by atoms with E-state index < -0.39 is 5.54 Å². The summed E-state index contributed by atoms with van der Waals surface area (Å²) in [5, 5.41) is 4.12. The average molecular weight is 328 g/mol. The largest absolute Gasteiger partial charge is 0.465 e. The van der Waals surface area contributed by atoms with Crippen molar-refractivity contribution in [1.29, 1.82) is 0 Å². The van der Waals surface area contributed by atoms with Crippen molar-refractivity contribution in [3.63, 3.8) is 0 Å². The first-order valence-electron chi connectivity index (χ1n) is 7.43. The Labute approximate surface area is 135 Å². The number of thioether (sulfide) groups is 1. The number of carbonyl (C=O) groups is 1. The third kappa shape index (κ3) is 4.15. The zero-order valence-electron chi connectivity index (χ0n) is 12.5. The standard InChI is InChI=1S/C16H22ClNO2S/c1-3-18-16(12-8-9-12,15(19)20-4-2)11-21-14-7-5-6-13(17)10-14/h5-7,10,12,18H,3-4,8-9,11H2,1-2H3. The molecule has 1 saturated carbocycles. The van der Waals surface area contributed by atoms with Gasteiger partial charge in [0.15, 0.2) is 0 Å². The number of carbonyl (C=O) groups excluding carboxylic acids is 1. The number of benzene rings is 1. The maximum atomic E-state index is 12.5. The highest BCUT2D eigenvalue weighted by Crippen LogP contribution is 2.43. The minimum atomic E-state index is -0.572. The Balaban J connectivity index is 2.13. The molecule has 1 unspecified atom stereocenters. The van der Waals surface area contributed by atoms with Crippen LogP contribution in [0.4, 0.5) is 0 Å². The van der Waals surface area contributed by atoms with Crippen molar-refractivity contribution in [2.45, 2.75) is 37.1 Å². The van der Waals surface area contributed by atoms with E-state index in [0.717, 1.165) is 29.3 Å². The molecule has 0 aromatic heterocycles. The van der Waals surface area contributed by atoms with Crippen molar-refractivity contribution < 1.29 is 9.53 Å². The topological polar surface area (TPSA) is 38.3 Å². The molecule has 1 fully saturated rings.